The van der Waals surface area contributed by atoms with Crippen LogP contribution in [0.15, 0.2) is 0 Å². The molecule has 7 nitrogen and oxygen atoms in total. The predicted octanol–water partition coefficient (Wildman–Crippen LogP) is 0.567. The normalized spacial score (nSPS) is 28.0. The minimum absolute atomic E-state index is 0.0391. The Bertz CT molecular complexity index is 376. The molecule has 7 heteroatoms. The molecule has 0 aromatic rings. The highest BCUT2D eigenvalue weighted by Gasteiger charge is 2.32. The second-order valence-corrected chi connectivity index (χ2v) is 5.91. The van der Waals surface area contributed by atoms with Crippen LogP contribution in [-0.2, 0) is 23.8 Å². The molecule has 2 aliphatic heterocycles. The number of carbonyl (C=O) groups excluding carboxylic acids is 1. The third-order valence-corrected chi connectivity index (χ3v) is 4.16. The second kappa shape index (κ2) is 8.45. The van der Waals surface area contributed by atoms with Crippen molar-refractivity contribution in [3.63, 3.8) is 0 Å². The lowest BCUT2D eigenvalue weighted by Gasteiger charge is -2.29. The number of amides is 1. The second-order valence-electron chi connectivity index (χ2n) is 5.91. The molecule has 126 valence electrons. The summed E-state index contributed by atoms with van der Waals surface area (Å²) in [6.07, 6.45) is 2.84. The van der Waals surface area contributed by atoms with Gasteiger partial charge >= 0.3 is 5.97 Å². The third-order valence-electron chi connectivity index (χ3n) is 4.16. The molecule has 4 unspecified atom stereocenters. The first-order chi connectivity index (χ1) is 10.6. The van der Waals surface area contributed by atoms with Crippen LogP contribution in [0.25, 0.3) is 0 Å². The number of nitrogens with one attached hydrogen (secondary N) is 1. The molecule has 2 N–H and O–H groups in total. The lowest BCUT2D eigenvalue weighted by atomic mass is 9.93. The lowest BCUT2D eigenvalue weighted by Crippen LogP contribution is -2.51. The molecule has 0 radical (unpaired) electrons. The van der Waals surface area contributed by atoms with Gasteiger partial charge in [0.2, 0.25) is 5.91 Å². The van der Waals surface area contributed by atoms with E-state index in [0.29, 0.717) is 19.8 Å². The zero-order valence-corrected chi connectivity index (χ0v) is 13.0. The van der Waals surface area contributed by atoms with Crippen molar-refractivity contribution in [3.8, 4) is 0 Å². The third kappa shape index (κ3) is 4.93. The molecule has 1 amide bonds. The van der Waals surface area contributed by atoms with Crippen LogP contribution in [-0.4, -0.2) is 61.7 Å². The van der Waals surface area contributed by atoms with Crippen molar-refractivity contribution in [3.05, 3.63) is 0 Å². The summed E-state index contributed by atoms with van der Waals surface area (Å²) in [5, 5.41) is 11.9. The zero-order chi connectivity index (χ0) is 15.9. The molecular weight excluding hydrogens is 290 g/mol. The minimum atomic E-state index is -1.03. The van der Waals surface area contributed by atoms with Gasteiger partial charge in [-0.3, -0.25) is 4.79 Å². The molecule has 0 aromatic carbocycles. The SMILES string of the molecule is CC(OCC1CCCO1)C(=O)NC(C(=O)O)C1CCCOC1. The Morgan fingerprint density at radius 1 is 1.32 bits per heavy atom. The van der Waals surface area contributed by atoms with Crippen LogP contribution in [0.3, 0.4) is 0 Å². The van der Waals surface area contributed by atoms with Crippen LogP contribution >= 0.6 is 0 Å². The highest BCUT2D eigenvalue weighted by Crippen LogP contribution is 2.18. The Hall–Kier alpha value is -1.18. The van der Waals surface area contributed by atoms with Crippen molar-refractivity contribution in [2.45, 2.75) is 50.9 Å². The van der Waals surface area contributed by atoms with E-state index in [0.717, 1.165) is 32.3 Å². The van der Waals surface area contributed by atoms with E-state index >= 15 is 0 Å². The van der Waals surface area contributed by atoms with E-state index in [4.69, 9.17) is 14.2 Å². The summed E-state index contributed by atoms with van der Waals surface area (Å²) in [7, 11) is 0. The molecular formula is C15H25NO6. The van der Waals surface area contributed by atoms with Gasteiger partial charge in [0.25, 0.3) is 0 Å². The van der Waals surface area contributed by atoms with Gasteiger partial charge < -0.3 is 24.6 Å². The van der Waals surface area contributed by atoms with Gasteiger partial charge in [-0.2, -0.15) is 0 Å². The quantitative estimate of drug-likeness (QED) is 0.713. The van der Waals surface area contributed by atoms with Crippen molar-refractivity contribution >= 4 is 11.9 Å². The van der Waals surface area contributed by atoms with E-state index in [1.54, 1.807) is 6.92 Å². The maximum Gasteiger partial charge on any atom is 0.326 e. The fourth-order valence-corrected chi connectivity index (χ4v) is 2.78. The number of rotatable bonds is 7. The molecule has 2 rings (SSSR count). The molecule has 2 saturated heterocycles. The Morgan fingerprint density at radius 2 is 2.09 bits per heavy atom. The van der Waals surface area contributed by atoms with E-state index in [9.17, 15) is 14.7 Å². The Kier molecular flexibility index (Phi) is 6.60. The van der Waals surface area contributed by atoms with E-state index in [1.807, 2.05) is 0 Å². The van der Waals surface area contributed by atoms with E-state index in [-0.39, 0.29) is 12.0 Å². The van der Waals surface area contributed by atoms with E-state index in [2.05, 4.69) is 5.32 Å². The highest BCUT2D eigenvalue weighted by molar-refractivity contribution is 5.86. The van der Waals surface area contributed by atoms with Crippen LogP contribution < -0.4 is 5.32 Å². The Morgan fingerprint density at radius 3 is 2.68 bits per heavy atom. The molecule has 0 aromatic heterocycles. The maximum absolute atomic E-state index is 12.1. The number of aliphatic carboxylic acids is 1. The number of hydrogen-bond acceptors (Lipinski definition) is 5. The van der Waals surface area contributed by atoms with Crippen LogP contribution in [0.1, 0.15) is 32.6 Å². The van der Waals surface area contributed by atoms with E-state index < -0.39 is 24.0 Å². The predicted molar refractivity (Wildman–Crippen MR) is 77.5 cm³/mol. The van der Waals surface area contributed by atoms with Gasteiger partial charge in [-0.05, 0) is 32.6 Å². The van der Waals surface area contributed by atoms with Crippen LogP contribution in [0, 0.1) is 5.92 Å². The molecule has 0 bridgehead atoms. The van der Waals surface area contributed by atoms with Gasteiger partial charge in [0.05, 0.1) is 19.3 Å². The van der Waals surface area contributed by atoms with Crippen molar-refractivity contribution in [1.82, 2.24) is 5.32 Å². The van der Waals surface area contributed by atoms with Gasteiger partial charge in [0.15, 0.2) is 0 Å². The Labute approximate surface area is 130 Å². The molecule has 2 heterocycles. The molecule has 0 aliphatic carbocycles. The van der Waals surface area contributed by atoms with Gasteiger partial charge in [0, 0.05) is 19.1 Å². The van der Waals surface area contributed by atoms with Gasteiger partial charge in [-0.1, -0.05) is 0 Å². The van der Waals surface area contributed by atoms with Crippen LogP contribution in [0.5, 0.6) is 0 Å². The lowest BCUT2D eigenvalue weighted by molar-refractivity contribution is -0.147. The number of carboxylic acids is 1. The zero-order valence-electron chi connectivity index (χ0n) is 13.0. The van der Waals surface area contributed by atoms with Crippen molar-refractivity contribution < 1.29 is 28.9 Å². The molecule has 2 fully saturated rings. The standard InChI is InChI=1S/C15H25NO6/c1-10(22-9-12-5-3-7-21-12)14(17)16-13(15(18)19)11-4-2-6-20-8-11/h10-13H,2-9H2,1H3,(H,16,17)(H,18,19). The minimum Gasteiger partial charge on any atom is -0.480 e. The molecule has 22 heavy (non-hydrogen) atoms. The summed E-state index contributed by atoms with van der Waals surface area (Å²) in [6.45, 7) is 3.73. The molecule has 4 atom stereocenters. The molecule has 0 spiro atoms. The van der Waals surface area contributed by atoms with E-state index in [1.165, 1.54) is 0 Å². The average Bonchev–Trinajstić information content (AvgIpc) is 3.04. The van der Waals surface area contributed by atoms with Crippen LogP contribution in [0.2, 0.25) is 0 Å². The van der Waals surface area contributed by atoms with Crippen molar-refractivity contribution in [2.24, 2.45) is 5.92 Å². The number of hydrogen-bond donors (Lipinski definition) is 2. The average molecular weight is 315 g/mol. The van der Waals surface area contributed by atoms with Gasteiger partial charge in [-0.15, -0.1) is 0 Å². The first-order valence-corrected chi connectivity index (χ1v) is 7.92. The smallest absolute Gasteiger partial charge is 0.326 e. The first kappa shape index (κ1) is 17.2. The Balaban J connectivity index is 1.79. The monoisotopic (exact) mass is 315 g/mol. The highest BCUT2D eigenvalue weighted by atomic mass is 16.5. The van der Waals surface area contributed by atoms with Crippen molar-refractivity contribution in [1.29, 1.82) is 0 Å². The summed E-state index contributed by atoms with van der Waals surface area (Å²) in [6, 6.07) is -0.929. The van der Waals surface area contributed by atoms with Crippen molar-refractivity contribution in [2.75, 3.05) is 26.4 Å². The fourth-order valence-electron chi connectivity index (χ4n) is 2.78. The summed E-state index contributed by atoms with van der Waals surface area (Å²) in [5.41, 5.74) is 0. The van der Waals surface area contributed by atoms with Gasteiger partial charge in [0.1, 0.15) is 12.1 Å². The van der Waals surface area contributed by atoms with Crippen LogP contribution in [0.4, 0.5) is 0 Å². The summed E-state index contributed by atoms with van der Waals surface area (Å²) in [4.78, 5) is 23.5. The molecule has 0 saturated carbocycles. The fraction of sp³-hybridized carbons (Fsp3) is 0.867. The van der Waals surface area contributed by atoms with Gasteiger partial charge in [-0.25, -0.2) is 4.79 Å². The molecule has 2 aliphatic rings. The maximum atomic E-state index is 12.1. The summed E-state index contributed by atoms with van der Waals surface area (Å²) in [5.74, 6) is -1.63. The summed E-state index contributed by atoms with van der Waals surface area (Å²) < 4.78 is 16.2. The summed E-state index contributed by atoms with van der Waals surface area (Å²) >= 11 is 0. The largest absolute Gasteiger partial charge is 0.480 e. The number of ether oxygens (including phenoxy) is 3. The topological polar surface area (TPSA) is 94.1 Å². The number of carboxylic acid groups (broad SMARTS) is 1. The number of carbonyl (C=O) groups is 2. The first-order valence-electron chi connectivity index (χ1n) is 7.92.